The second-order valence-electron chi connectivity index (χ2n) is 5.80. The number of thiocarbonyl (C=S) groups is 1. The van der Waals surface area contributed by atoms with E-state index in [1.165, 1.54) is 5.69 Å². The van der Waals surface area contributed by atoms with Crippen LogP contribution in [0.1, 0.15) is 17.3 Å². The van der Waals surface area contributed by atoms with Gasteiger partial charge in [-0.2, -0.15) is 0 Å². The Morgan fingerprint density at radius 3 is 2.71 bits per heavy atom. The fourth-order valence-electron chi connectivity index (χ4n) is 3.21. The predicted octanol–water partition coefficient (Wildman–Crippen LogP) is 3.69. The minimum atomic E-state index is 0.0752. The van der Waals surface area contributed by atoms with E-state index in [9.17, 15) is 0 Å². The average Bonchev–Trinajstić information content (AvgIpc) is 3.11. The first-order chi connectivity index (χ1) is 11.8. The van der Waals surface area contributed by atoms with Crippen molar-refractivity contribution in [3.63, 3.8) is 0 Å². The molecule has 0 unspecified atom stereocenters. The maximum atomic E-state index is 5.72. The molecule has 1 aliphatic heterocycles. The zero-order chi connectivity index (χ0) is 16.4. The first-order valence-electron chi connectivity index (χ1n) is 8.00. The number of aromatic nitrogens is 2. The van der Waals surface area contributed by atoms with Crippen molar-refractivity contribution in [2.24, 2.45) is 0 Å². The van der Waals surface area contributed by atoms with Crippen molar-refractivity contribution in [2.45, 2.75) is 12.6 Å². The minimum absolute atomic E-state index is 0.0752. The number of nitrogens with one attached hydrogen (secondary N) is 1. The number of anilines is 1. The van der Waals surface area contributed by atoms with Crippen LogP contribution in [0.2, 0.25) is 0 Å². The number of fused-ring (bicyclic) bond motifs is 1. The first-order valence-corrected chi connectivity index (χ1v) is 8.41. The maximum absolute atomic E-state index is 5.72. The molecular weight excluding hydrogens is 316 g/mol. The topological polar surface area (TPSA) is 33.1 Å². The fraction of sp³-hybridized carbons (Fsp3) is 0.158. The van der Waals surface area contributed by atoms with E-state index in [1.807, 2.05) is 42.6 Å². The molecule has 1 atom stereocenters. The highest BCUT2D eigenvalue weighted by Crippen LogP contribution is 2.32. The molecule has 0 saturated carbocycles. The number of para-hydroxylation sites is 1. The van der Waals surface area contributed by atoms with E-state index >= 15 is 0 Å². The van der Waals surface area contributed by atoms with Crippen molar-refractivity contribution in [3.05, 3.63) is 84.4 Å². The van der Waals surface area contributed by atoms with E-state index in [-0.39, 0.29) is 6.04 Å². The molecule has 3 heterocycles. The van der Waals surface area contributed by atoms with Crippen molar-refractivity contribution in [2.75, 3.05) is 11.9 Å². The van der Waals surface area contributed by atoms with E-state index in [0.717, 1.165) is 29.5 Å². The second kappa shape index (κ2) is 6.45. The van der Waals surface area contributed by atoms with Gasteiger partial charge in [0, 0.05) is 43.1 Å². The van der Waals surface area contributed by atoms with Crippen molar-refractivity contribution < 1.29 is 0 Å². The van der Waals surface area contributed by atoms with Gasteiger partial charge in [0.2, 0.25) is 0 Å². The Morgan fingerprint density at radius 2 is 1.92 bits per heavy atom. The molecule has 120 valence electrons. The van der Waals surface area contributed by atoms with E-state index in [1.54, 1.807) is 6.20 Å². The normalized spacial score (nSPS) is 16.5. The molecule has 4 rings (SSSR count). The standard InChI is InChI=1S/C19H18N4S/c24-19(21-16-7-2-1-3-8-16)23-13-12-22-11-5-9-17(22)18(23)15-6-4-10-20-14-15/h1-11,14,18H,12-13H2,(H,21,24)/t18-/m0/s1. The molecule has 2 aromatic heterocycles. The van der Waals surface area contributed by atoms with Crippen molar-refractivity contribution in [1.29, 1.82) is 0 Å². The van der Waals surface area contributed by atoms with E-state index in [4.69, 9.17) is 12.2 Å². The van der Waals surface area contributed by atoms with Gasteiger partial charge in [-0.1, -0.05) is 24.3 Å². The van der Waals surface area contributed by atoms with Gasteiger partial charge in [0.15, 0.2) is 5.11 Å². The van der Waals surface area contributed by atoms with Gasteiger partial charge < -0.3 is 14.8 Å². The summed E-state index contributed by atoms with van der Waals surface area (Å²) in [5, 5.41) is 4.10. The highest BCUT2D eigenvalue weighted by molar-refractivity contribution is 7.80. The number of hydrogen-bond donors (Lipinski definition) is 1. The molecule has 5 heteroatoms. The zero-order valence-electron chi connectivity index (χ0n) is 13.2. The molecule has 1 aliphatic rings. The Balaban J connectivity index is 1.67. The monoisotopic (exact) mass is 334 g/mol. The van der Waals surface area contributed by atoms with Crippen LogP contribution in [0.3, 0.4) is 0 Å². The van der Waals surface area contributed by atoms with Gasteiger partial charge in [0.1, 0.15) is 0 Å². The van der Waals surface area contributed by atoms with Crippen LogP contribution in [0.5, 0.6) is 0 Å². The SMILES string of the molecule is S=C(Nc1ccccc1)N1CCn2cccc2[C@@H]1c1cccnc1. The van der Waals surface area contributed by atoms with Gasteiger partial charge in [-0.25, -0.2) is 0 Å². The third-order valence-electron chi connectivity index (χ3n) is 4.32. The maximum Gasteiger partial charge on any atom is 0.174 e. The molecule has 1 N–H and O–H groups in total. The fourth-order valence-corrected chi connectivity index (χ4v) is 3.52. The summed E-state index contributed by atoms with van der Waals surface area (Å²) in [6.45, 7) is 1.79. The molecule has 0 radical (unpaired) electrons. The van der Waals surface area contributed by atoms with Crippen LogP contribution in [0.4, 0.5) is 5.69 Å². The Hall–Kier alpha value is -2.66. The van der Waals surface area contributed by atoms with Crippen LogP contribution < -0.4 is 5.32 Å². The van der Waals surface area contributed by atoms with Gasteiger partial charge in [-0.05, 0) is 48.1 Å². The summed E-state index contributed by atoms with van der Waals surface area (Å²) in [6, 6.07) is 18.5. The van der Waals surface area contributed by atoms with Crippen LogP contribution >= 0.6 is 12.2 Å². The quantitative estimate of drug-likeness (QED) is 0.725. The molecule has 0 saturated heterocycles. The first kappa shape index (κ1) is 14.9. The van der Waals surface area contributed by atoms with E-state index in [0.29, 0.717) is 0 Å². The average molecular weight is 334 g/mol. The summed E-state index contributed by atoms with van der Waals surface area (Å²) in [4.78, 5) is 6.54. The molecule has 0 fully saturated rings. The molecule has 4 nitrogen and oxygen atoms in total. The largest absolute Gasteiger partial charge is 0.348 e. The Bertz CT molecular complexity index is 829. The van der Waals surface area contributed by atoms with Crippen molar-refractivity contribution >= 4 is 23.0 Å². The number of rotatable bonds is 2. The third kappa shape index (κ3) is 2.78. The summed E-state index contributed by atoms with van der Waals surface area (Å²) in [5.41, 5.74) is 3.40. The molecule has 3 aromatic rings. The second-order valence-corrected chi connectivity index (χ2v) is 6.19. The van der Waals surface area contributed by atoms with Gasteiger partial charge in [-0.15, -0.1) is 0 Å². The Morgan fingerprint density at radius 1 is 1.04 bits per heavy atom. The number of pyridine rings is 1. The number of nitrogens with zero attached hydrogens (tertiary/aromatic N) is 3. The molecule has 0 spiro atoms. The van der Waals surface area contributed by atoms with Crippen molar-refractivity contribution in [1.82, 2.24) is 14.5 Å². The summed E-state index contributed by atoms with van der Waals surface area (Å²) in [6.07, 6.45) is 5.85. The van der Waals surface area contributed by atoms with Crippen LogP contribution in [0, 0.1) is 0 Å². The van der Waals surface area contributed by atoms with Crippen LogP contribution in [-0.4, -0.2) is 26.1 Å². The van der Waals surface area contributed by atoms with Gasteiger partial charge in [0.05, 0.1) is 6.04 Å². The van der Waals surface area contributed by atoms with Crippen molar-refractivity contribution in [3.8, 4) is 0 Å². The lowest BCUT2D eigenvalue weighted by molar-refractivity contribution is 0.293. The summed E-state index contributed by atoms with van der Waals surface area (Å²) in [5.74, 6) is 0. The molecule has 1 aromatic carbocycles. The predicted molar refractivity (Wildman–Crippen MR) is 99.9 cm³/mol. The van der Waals surface area contributed by atoms with E-state index < -0.39 is 0 Å². The Labute approximate surface area is 146 Å². The van der Waals surface area contributed by atoms with Crippen LogP contribution in [0.25, 0.3) is 0 Å². The lowest BCUT2D eigenvalue weighted by Crippen LogP contribution is -2.44. The molecule has 24 heavy (non-hydrogen) atoms. The molecule has 0 bridgehead atoms. The van der Waals surface area contributed by atoms with Crippen LogP contribution in [0.15, 0.2) is 73.2 Å². The minimum Gasteiger partial charge on any atom is -0.348 e. The summed E-state index contributed by atoms with van der Waals surface area (Å²) >= 11 is 5.72. The van der Waals surface area contributed by atoms with Gasteiger partial charge in [-0.3, -0.25) is 4.98 Å². The highest BCUT2D eigenvalue weighted by atomic mass is 32.1. The van der Waals surface area contributed by atoms with Gasteiger partial charge in [0.25, 0.3) is 0 Å². The Kier molecular flexibility index (Phi) is 4.01. The summed E-state index contributed by atoms with van der Waals surface area (Å²) in [7, 11) is 0. The lowest BCUT2D eigenvalue weighted by Gasteiger charge is -2.38. The molecule has 0 amide bonds. The smallest absolute Gasteiger partial charge is 0.174 e. The molecular formula is C19H18N4S. The van der Waals surface area contributed by atoms with E-state index in [2.05, 4.69) is 44.2 Å². The van der Waals surface area contributed by atoms with Gasteiger partial charge >= 0.3 is 0 Å². The number of benzene rings is 1. The lowest BCUT2D eigenvalue weighted by atomic mass is 10.0. The third-order valence-corrected chi connectivity index (χ3v) is 4.66. The molecule has 0 aliphatic carbocycles. The highest BCUT2D eigenvalue weighted by Gasteiger charge is 2.30. The van der Waals surface area contributed by atoms with Crippen LogP contribution in [-0.2, 0) is 6.54 Å². The zero-order valence-corrected chi connectivity index (χ0v) is 14.0. The number of hydrogen-bond acceptors (Lipinski definition) is 2. The summed E-state index contributed by atoms with van der Waals surface area (Å²) < 4.78 is 2.29.